The lowest BCUT2D eigenvalue weighted by Gasteiger charge is -1.99. The third-order valence-corrected chi connectivity index (χ3v) is 4.87. The summed E-state index contributed by atoms with van der Waals surface area (Å²) in [6.07, 6.45) is 2.46. The van der Waals surface area contributed by atoms with Gasteiger partial charge in [-0.05, 0) is 56.1 Å². The highest BCUT2D eigenvalue weighted by molar-refractivity contribution is 9.11. The lowest BCUT2D eigenvalue weighted by molar-refractivity contribution is 1.21. The molecule has 0 bridgehead atoms. The predicted molar refractivity (Wildman–Crippen MR) is 110 cm³/mol. The molecule has 0 saturated carbocycles. The number of aromatic amines is 2. The van der Waals surface area contributed by atoms with E-state index in [-0.39, 0.29) is 11.1 Å². The van der Waals surface area contributed by atoms with Crippen LogP contribution in [0.25, 0.3) is 22.1 Å². The summed E-state index contributed by atoms with van der Waals surface area (Å²) in [6.45, 7) is 0. The average Bonchev–Trinajstić information content (AvgIpc) is 2.55. The van der Waals surface area contributed by atoms with Crippen molar-refractivity contribution in [2.75, 3.05) is 0 Å². The minimum atomic E-state index is -0.235. The van der Waals surface area contributed by atoms with Crippen molar-refractivity contribution in [3.63, 3.8) is 0 Å². The molecule has 2 aromatic heterocycles. The summed E-state index contributed by atoms with van der Waals surface area (Å²) < 4.78 is 1.51. The van der Waals surface area contributed by atoms with E-state index in [4.69, 9.17) is 23.2 Å². The molecule has 0 aliphatic rings. The van der Waals surface area contributed by atoms with E-state index in [1.807, 2.05) is 0 Å². The number of halogens is 4. The summed E-state index contributed by atoms with van der Waals surface area (Å²) >= 11 is 18.2. The standard InChI is InChI=1S/2C8H4BrClN2O/c9-5-1-4(10)2-6-8(5)11-3-7(13)12-6;9-5-1-4(10)2-6-8(5)12-7(13)3-11-6/h2*1-3H,(H,12,13). The largest absolute Gasteiger partial charge is 0.319 e. The summed E-state index contributed by atoms with van der Waals surface area (Å²) in [7, 11) is 0. The van der Waals surface area contributed by atoms with Gasteiger partial charge in [-0.15, -0.1) is 0 Å². The van der Waals surface area contributed by atoms with E-state index < -0.39 is 0 Å². The number of benzene rings is 2. The maximum Gasteiger partial charge on any atom is 0.266 e. The van der Waals surface area contributed by atoms with Crippen molar-refractivity contribution in [2.24, 2.45) is 0 Å². The van der Waals surface area contributed by atoms with Crippen LogP contribution in [0, 0.1) is 0 Å². The molecule has 0 unspecified atom stereocenters. The van der Waals surface area contributed by atoms with Crippen molar-refractivity contribution in [1.82, 2.24) is 19.9 Å². The Hall–Kier alpha value is -1.74. The molecule has 0 fully saturated rings. The Morgan fingerprint density at radius 3 is 2.19 bits per heavy atom. The molecule has 26 heavy (non-hydrogen) atoms. The molecule has 6 nitrogen and oxygen atoms in total. The number of H-pyrrole nitrogens is 2. The molecule has 0 aliphatic carbocycles. The van der Waals surface area contributed by atoms with Crippen molar-refractivity contribution in [1.29, 1.82) is 0 Å². The topological polar surface area (TPSA) is 91.5 Å². The third kappa shape index (κ3) is 4.32. The van der Waals surface area contributed by atoms with Crippen LogP contribution in [0.2, 0.25) is 10.0 Å². The molecular weight excluding hydrogens is 511 g/mol. The van der Waals surface area contributed by atoms with Crippen LogP contribution < -0.4 is 11.1 Å². The molecule has 0 amide bonds. The van der Waals surface area contributed by atoms with E-state index in [1.165, 1.54) is 12.4 Å². The van der Waals surface area contributed by atoms with Gasteiger partial charge in [0, 0.05) is 19.0 Å². The van der Waals surface area contributed by atoms with Gasteiger partial charge in [0.1, 0.15) is 5.52 Å². The van der Waals surface area contributed by atoms with Gasteiger partial charge in [0.05, 0.1) is 28.9 Å². The third-order valence-electron chi connectivity index (χ3n) is 3.20. The predicted octanol–water partition coefficient (Wildman–Crippen LogP) is 4.68. The fourth-order valence-electron chi connectivity index (χ4n) is 2.15. The number of hydrogen-bond donors (Lipinski definition) is 2. The second-order valence-electron chi connectivity index (χ2n) is 5.06. The van der Waals surface area contributed by atoms with E-state index in [2.05, 4.69) is 51.8 Å². The summed E-state index contributed by atoms with van der Waals surface area (Å²) in [5, 5.41) is 1.14. The lowest BCUT2D eigenvalue weighted by Crippen LogP contribution is -2.05. The Balaban J connectivity index is 0.000000151. The van der Waals surface area contributed by atoms with E-state index in [0.717, 1.165) is 8.95 Å². The van der Waals surface area contributed by atoms with Crippen molar-refractivity contribution >= 4 is 77.1 Å². The molecule has 0 aliphatic heterocycles. The molecule has 2 N–H and O–H groups in total. The van der Waals surface area contributed by atoms with Gasteiger partial charge in [0.2, 0.25) is 0 Å². The van der Waals surface area contributed by atoms with Crippen molar-refractivity contribution < 1.29 is 0 Å². The number of rotatable bonds is 0. The molecule has 4 rings (SSSR count). The number of fused-ring (bicyclic) bond motifs is 2. The number of aromatic nitrogens is 4. The van der Waals surface area contributed by atoms with Crippen LogP contribution in [0.5, 0.6) is 0 Å². The smallest absolute Gasteiger partial charge is 0.266 e. The van der Waals surface area contributed by atoms with Crippen LogP contribution in [0.4, 0.5) is 0 Å². The Bertz CT molecular complexity index is 1240. The van der Waals surface area contributed by atoms with E-state index in [0.29, 0.717) is 32.1 Å². The van der Waals surface area contributed by atoms with Crippen LogP contribution in [-0.2, 0) is 0 Å². The average molecular weight is 519 g/mol. The fourth-order valence-corrected chi connectivity index (χ4v) is 3.96. The maximum atomic E-state index is 10.9. The van der Waals surface area contributed by atoms with E-state index in [9.17, 15) is 9.59 Å². The monoisotopic (exact) mass is 516 g/mol. The highest BCUT2D eigenvalue weighted by Crippen LogP contribution is 2.25. The van der Waals surface area contributed by atoms with Crippen molar-refractivity contribution in [3.8, 4) is 0 Å². The minimum absolute atomic E-state index is 0.226. The van der Waals surface area contributed by atoms with Crippen LogP contribution in [0.1, 0.15) is 0 Å². The first-order chi connectivity index (χ1) is 12.3. The zero-order valence-electron chi connectivity index (χ0n) is 12.7. The Morgan fingerprint density at radius 2 is 1.42 bits per heavy atom. The molecule has 2 aromatic carbocycles. The van der Waals surface area contributed by atoms with Gasteiger partial charge in [-0.2, -0.15) is 0 Å². The first kappa shape index (κ1) is 19.0. The molecule has 2 heterocycles. The van der Waals surface area contributed by atoms with Crippen LogP contribution >= 0.6 is 55.1 Å². The summed E-state index contributed by atoms with van der Waals surface area (Å²) in [4.78, 5) is 35.1. The Kier molecular flexibility index (Phi) is 5.76. The molecule has 4 aromatic rings. The molecule has 0 radical (unpaired) electrons. The molecular formula is C16H8Br2Cl2N4O2. The van der Waals surface area contributed by atoms with Crippen LogP contribution in [0.15, 0.2) is 55.2 Å². The maximum absolute atomic E-state index is 10.9. The normalized spacial score (nSPS) is 10.6. The number of nitrogens with one attached hydrogen (secondary N) is 2. The van der Waals surface area contributed by atoms with Gasteiger partial charge < -0.3 is 9.97 Å². The Morgan fingerprint density at radius 1 is 0.808 bits per heavy atom. The quantitative estimate of drug-likeness (QED) is 0.353. The summed E-state index contributed by atoms with van der Waals surface area (Å²) in [5.41, 5.74) is 2.20. The van der Waals surface area contributed by atoms with Crippen molar-refractivity contribution in [3.05, 3.63) is 76.4 Å². The zero-order chi connectivity index (χ0) is 18.8. The molecule has 10 heteroatoms. The minimum Gasteiger partial charge on any atom is -0.319 e. The highest BCUT2D eigenvalue weighted by atomic mass is 79.9. The highest BCUT2D eigenvalue weighted by Gasteiger charge is 2.03. The van der Waals surface area contributed by atoms with Crippen molar-refractivity contribution in [2.45, 2.75) is 0 Å². The van der Waals surface area contributed by atoms with E-state index >= 15 is 0 Å². The van der Waals surface area contributed by atoms with Crippen LogP contribution in [-0.4, -0.2) is 19.9 Å². The first-order valence-corrected chi connectivity index (χ1v) is 9.36. The Labute approximate surface area is 172 Å². The van der Waals surface area contributed by atoms with Gasteiger partial charge in [0.15, 0.2) is 0 Å². The summed E-state index contributed by atoms with van der Waals surface area (Å²) in [6, 6.07) is 6.80. The van der Waals surface area contributed by atoms with Crippen LogP contribution in [0.3, 0.4) is 0 Å². The van der Waals surface area contributed by atoms with Gasteiger partial charge >= 0.3 is 0 Å². The van der Waals surface area contributed by atoms with Gasteiger partial charge in [-0.3, -0.25) is 9.59 Å². The molecule has 132 valence electrons. The lowest BCUT2D eigenvalue weighted by atomic mass is 10.3. The molecule has 0 atom stereocenters. The first-order valence-electron chi connectivity index (χ1n) is 7.01. The zero-order valence-corrected chi connectivity index (χ0v) is 17.4. The van der Waals surface area contributed by atoms with Gasteiger partial charge in [-0.25, -0.2) is 9.97 Å². The van der Waals surface area contributed by atoms with E-state index in [1.54, 1.807) is 24.3 Å². The van der Waals surface area contributed by atoms with Gasteiger partial charge in [-0.1, -0.05) is 23.2 Å². The SMILES string of the molecule is O=c1cnc2c(Br)cc(Cl)cc2[nH]1.O=c1cnc2cc(Cl)cc(Br)c2[nH]1. The fraction of sp³-hybridized carbons (Fsp3) is 0. The second-order valence-corrected chi connectivity index (χ2v) is 7.64. The number of hydrogen-bond acceptors (Lipinski definition) is 4. The van der Waals surface area contributed by atoms with Gasteiger partial charge in [0.25, 0.3) is 11.1 Å². The molecule has 0 spiro atoms. The second kappa shape index (κ2) is 7.87. The number of nitrogens with zero attached hydrogens (tertiary/aromatic N) is 2. The summed E-state index contributed by atoms with van der Waals surface area (Å²) in [5.74, 6) is 0. The molecule has 0 saturated heterocycles.